The van der Waals surface area contributed by atoms with E-state index >= 15 is 0 Å². The smallest absolute Gasteiger partial charge is 0.255 e. The van der Waals surface area contributed by atoms with Crippen LogP contribution >= 0.6 is 0 Å². The number of Topliss-reactive ketones (excluding diaryl/α,β-unsaturated/α-hetero) is 2. The number of hydrogen-bond acceptors (Lipinski definition) is 10. The van der Waals surface area contributed by atoms with Gasteiger partial charge in [-0.15, -0.1) is 0 Å². The Kier molecular flexibility index (Phi) is 5.35. The monoisotopic (exact) mass is 498 g/mol. The Morgan fingerprint density at radius 1 is 1.22 bits per heavy atom. The van der Waals surface area contributed by atoms with Crippen LogP contribution in [0.25, 0.3) is 5.76 Å². The highest BCUT2D eigenvalue weighted by molar-refractivity contribution is 6.24. The Morgan fingerprint density at radius 2 is 1.89 bits per heavy atom. The van der Waals surface area contributed by atoms with E-state index in [4.69, 9.17) is 11.5 Å². The molecule has 11 nitrogen and oxygen atoms in total. The lowest BCUT2D eigenvalue weighted by molar-refractivity contribution is -0.154. The van der Waals surface area contributed by atoms with Crippen LogP contribution in [0.5, 0.6) is 5.75 Å². The molecule has 1 saturated carbocycles. The van der Waals surface area contributed by atoms with Crippen LogP contribution in [0.2, 0.25) is 0 Å². The summed E-state index contributed by atoms with van der Waals surface area (Å²) in [6, 6.07) is 0.688. The molecule has 0 saturated heterocycles. The summed E-state index contributed by atoms with van der Waals surface area (Å²) in [6.07, 6.45) is 0.0586. The van der Waals surface area contributed by atoms with Crippen LogP contribution in [0.3, 0.4) is 0 Å². The second kappa shape index (κ2) is 7.87. The van der Waals surface area contributed by atoms with E-state index in [2.05, 4.69) is 4.90 Å². The zero-order valence-electron chi connectivity index (χ0n) is 20.3. The molecule has 0 radical (unpaired) electrons. The molecule has 1 fully saturated rings. The van der Waals surface area contributed by atoms with Crippen LogP contribution in [-0.4, -0.2) is 87.0 Å². The van der Waals surface area contributed by atoms with E-state index in [1.54, 1.807) is 20.2 Å². The van der Waals surface area contributed by atoms with Crippen molar-refractivity contribution in [1.29, 1.82) is 0 Å². The van der Waals surface area contributed by atoms with E-state index in [-0.39, 0.29) is 35.8 Å². The third-order valence-electron chi connectivity index (χ3n) is 8.32. The van der Waals surface area contributed by atoms with Gasteiger partial charge in [0.15, 0.2) is 11.4 Å². The Balaban J connectivity index is 1.81. The van der Waals surface area contributed by atoms with Gasteiger partial charge in [-0.05, 0) is 50.7 Å². The number of ketones is 2. The summed E-state index contributed by atoms with van der Waals surface area (Å²) in [6.45, 7) is 1.05. The fourth-order valence-electron chi connectivity index (χ4n) is 6.86. The number of carbonyl (C=O) groups is 3. The number of nitrogens with two attached hydrogens (primary N) is 2. The van der Waals surface area contributed by atoms with E-state index in [9.17, 15) is 34.8 Å². The second-order valence-corrected chi connectivity index (χ2v) is 10.5. The number of hydrogen-bond donors (Lipinski definition) is 6. The number of benzene rings is 1. The largest absolute Gasteiger partial charge is 0.508 e. The number of rotatable bonds is 3. The van der Waals surface area contributed by atoms with E-state index in [1.165, 1.54) is 4.90 Å². The molecule has 1 amide bonds. The molecule has 5 rings (SSSR count). The molecule has 1 aromatic carbocycles. The first kappa shape index (κ1) is 24.4. The number of aliphatic hydroxyl groups is 3. The Bertz CT molecular complexity index is 1300. The Morgan fingerprint density at radius 3 is 2.47 bits per heavy atom. The van der Waals surface area contributed by atoms with Gasteiger partial charge in [0.25, 0.3) is 5.91 Å². The van der Waals surface area contributed by atoms with Gasteiger partial charge in [0.1, 0.15) is 22.8 Å². The van der Waals surface area contributed by atoms with Gasteiger partial charge < -0.3 is 36.8 Å². The summed E-state index contributed by atoms with van der Waals surface area (Å²) >= 11 is 0. The van der Waals surface area contributed by atoms with Crippen molar-refractivity contribution in [2.24, 2.45) is 23.3 Å². The summed E-state index contributed by atoms with van der Waals surface area (Å²) in [7, 11) is 5.07. The molecule has 1 heterocycles. The summed E-state index contributed by atoms with van der Waals surface area (Å²) in [5, 5.41) is 45.1. The summed E-state index contributed by atoms with van der Waals surface area (Å²) in [5.41, 5.74) is 9.63. The number of aliphatic hydroxyl groups excluding tert-OH is 2. The van der Waals surface area contributed by atoms with Crippen molar-refractivity contribution in [3.8, 4) is 5.75 Å². The highest BCUT2D eigenvalue weighted by Gasteiger charge is 2.65. The first-order valence-corrected chi connectivity index (χ1v) is 11.8. The maximum Gasteiger partial charge on any atom is 0.255 e. The van der Waals surface area contributed by atoms with Crippen LogP contribution in [0.15, 0.2) is 23.0 Å². The number of primary amides is 1. The summed E-state index contributed by atoms with van der Waals surface area (Å²) in [4.78, 5) is 42.9. The van der Waals surface area contributed by atoms with E-state index < -0.39 is 58.0 Å². The maximum absolute atomic E-state index is 14.0. The average Bonchev–Trinajstić information content (AvgIpc) is 2.79. The molecule has 0 bridgehead atoms. The van der Waals surface area contributed by atoms with Gasteiger partial charge in [-0.3, -0.25) is 19.3 Å². The number of phenolic OH excluding ortho intramolecular Hbond substituents is 1. The molecule has 11 heteroatoms. The molecule has 192 valence electrons. The number of phenols is 1. The van der Waals surface area contributed by atoms with Crippen molar-refractivity contribution < 1.29 is 34.8 Å². The number of carbonyl (C=O) groups excluding carboxylic acids is 3. The number of aromatic hydroxyl groups is 1. The van der Waals surface area contributed by atoms with Gasteiger partial charge in [-0.25, -0.2) is 0 Å². The molecular formula is C25H30N4O7. The minimum Gasteiger partial charge on any atom is -0.508 e. The van der Waals surface area contributed by atoms with Crippen molar-refractivity contribution in [2.75, 3.05) is 27.7 Å². The van der Waals surface area contributed by atoms with Gasteiger partial charge in [-0.1, -0.05) is 0 Å². The number of nitrogens with zero attached hydrogens (tertiary/aromatic N) is 2. The lowest BCUT2D eigenvalue weighted by Gasteiger charge is -2.53. The molecule has 36 heavy (non-hydrogen) atoms. The molecule has 8 N–H and O–H groups in total. The molecular weight excluding hydrogens is 468 g/mol. The third-order valence-corrected chi connectivity index (χ3v) is 8.32. The molecule has 5 atom stereocenters. The van der Waals surface area contributed by atoms with Gasteiger partial charge in [0.2, 0.25) is 5.78 Å². The predicted octanol–water partition coefficient (Wildman–Crippen LogP) is -0.591. The van der Waals surface area contributed by atoms with Crippen molar-refractivity contribution in [3.05, 3.63) is 45.2 Å². The van der Waals surface area contributed by atoms with E-state index in [1.807, 2.05) is 7.05 Å². The predicted molar refractivity (Wildman–Crippen MR) is 128 cm³/mol. The molecule has 0 spiro atoms. The van der Waals surface area contributed by atoms with Crippen molar-refractivity contribution in [2.45, 2.75) is 37.1 Å². The van der Waals surface area contributed by atoms with Crippen molar-refractivity contribution >= 4 is 23.2 Å². The first-order valence-electron chi connectivity index (χ1n) is 11.8. The quantitative estimate of drug-likeness (QED) is 0.294. The standard InChI is InChI=1S/C25H30N4O7/c1-28(2)18-13-5-11-12-8-29(3)7-10-4-9(6-26)19(30)16(14(10)12)20(31)15(11)22(33)25(13,36)23(34)17(21(18)32)24(27)35/h4,11-13,18,30-31,34,36H,5-8,26H2,1-3H3,(H2,27,35)/t11-,12-,13+,18+,25+/m1/s1. The van der Waals surface area contributed by atoms with Crippen LogP contribution in [0, 0.1) is 11.8 Å². The first-order chi connectivity index (χ1) is 16.9. The maximum atomic E-state index is 14.0. The van der Waals surface area contributed by atoms with Gasteiger partial charge in [0, 0.05) is 42.6 Å². The van der Waals surface area contributed by atoms with Gasteiger partial charge in [-0.2, -0.15) is 0 Å². The van der Waals surface area contributed by atoms with Crippen LogP contribution < -0.4 is 11.5 Å². The van der Waals surface area contributed by atoms with E-state index in [0.717, 1.165) is 5.56 Å². The fourth-order valence-corrected chi connectivity index (χ4v) is 6.86. The number of amides is 1. The zero-order valence-corrected chi connectivity index (χ0v) is 20.3. The minimum absolute atomic E-state index is 0.00458. The third kappa shape index (κ3) is 2.91. The molecule has 0 unspecified atom stereocenters. The molecule has 1 aliphatic heterocycles. The molecule has 4 aliphatic rings. The fraction of sp³-hybridized carbons (Fsp3) is 0.480. The normalized spacial score (nSPS) is 31.9. The van der Waals surface area contributed by atoms with Crippen LogP contribution in [0.4, 0.5) is 0 Å². The average molecular weight is 499 g/mol. The highest BCUT2D eigenvalue weighted by Crippen LogP contribution is 2.58. The second-order valence-electron chi connectivity index (χ2n) is 10.5. The minimum atomic E-state index is -2.66. The van der Waals surface area contributed by atoms with Crippen LogP contribution in [-0.2, 0) is 27.5 Å². The number of fused-ring (bicyclic) bond motifs is 3. The lowest BCUT2D eigenvalue weighted by Crippen LogP contribution is -2.66. The Labute approximate surface area is 207 Å². The zero-order chi connectivity index (χ0) is 26.4. The molecule has 1 aromatic rings. The lowest BCUT2D eigenvalue weighted by atomic mass is 9.54. The topological polar surface area (TPSA) is 191 Å². The highest BCUT2D eigenvalue weighted by atomic mass is 16.3. The van der Waals surface area contributed by atoms with Gasteiger partial charge >= 0.3 is 0 Å². The summed E-state index contributed by atoms with van der Waals surface area (Å²) < 4.78 is 0. The number of likely N-dealkylation sites (N-methyl/N-ethyl adjacent to an activating group) is 2. The Hall–Kier alpha value is -3.25. The van der Waals surface area contributed by atoms with Crippen LogP contribution in [0.1, 0.15) is 34.6 Å². The summed E-state index contributed by atoms with van der Waals surface area (Å²) in [5.74, 6) is -6.94. The van der Waals surface area contributed by atoms with Gasteiger partial charge in [0.05, 0.1) is 11.6 Å². The van der Waals surface area contributed by atoms with Crippen molar-refractivity contribution in [1.82, 2.24) is 9.80 Å². The SMILES string of the molecule is CN1Cc2cc(CN)c(O)c3c2[C@H](C1)[C@H]1C[C@H]2[C@H](N(C)C)C(=O)C(C(N)=O)=C(O)[C@@]2(O)C(=O)C1=C3O. The molecule has 3 aliphatic carbocycles. The van der Waals surface area contributed by atoms with Crippen molar-refractivity contribution in [3.63, 3.8) is 0 Å². The molecule has 0 aromatic heterocycles. The van der Waals surface area contributed by atoms with E-state index in [0.29, 0.717) is 24.2 Å².